The monoisotopic (exact) mass is 326 g/mol. The van der Waals surface area contributed by atoms with Crippen LogP contribution in [0.5, 0.6) is 0 Å². The van der Waals surface area contributed by atoms with Crippen LogP contribution in [-0.4, -0.2) is 46.2 Å². The smallest absolute Gasteiger partial charge is 0.305 e. The van der Waals surface area contributed by atoms with Crippen LogP contribution in [0.25, 0.3) is 0 Å². The normalized spacial score (nSPS) is 23.0. The van der Waals surface area contributed by atoms with Crippen LogP contribution in [0.3, 0.4) is 0 Å². The number of rotatable bonds is 12. The molecule has 0 aromatic rings. The lowest BCUT2D eigenvalue weighted by atomic mass is 10.1. The van der Waals surface area contributed by atoms with E-state index < -0.39 is 12.1 Å². The van der Waals surface area contributed by atoms with Crippen molar-refractivity contribution in [1.29, 1.82) is 0 Å². The summed E-state index contributed by atoms with van der Waals surface area (Å²) in [6.07, 6.45) is 14.1. The zero-order valence-electron chi connectivity index (χ0n) is 13.8. The van der Waals surface area contributed by atoms with E-state index in [1.54, 1.807) is 6.08 Å². The zero-order chi connectivity index (χ0) is 16.9. The van der Waals surface area contributed by atoms with Gasteiger partial charge in [-0.15, -0.1) is 0 Å². The van der Waals surface area contributed by atoms with Crippen LogP contribution in [0.15, 0.2) is 24.3 Å². The molecule has 5 nitrogen and oxygen atoms in total. The molecule has 0 saturated carbocycles. The van der Waals surface area contributed by atoms with Gasteiger partial charge in [0.25, 0.3) is 0 Å². The van der Waals surface area contributed by atoms with E-state index >= 15 is 0 Å². The van der Waals surface area contributed by atoms with Gasteiger partial charge in [-0.25, -0.2) is 0 Å². The van der Waals surface area contributed by atoms with Crippen molar-refractivity contribution >= 4 is 5.97 Å². The number of carboxylic acid groups (broad SMARTS) is 1. The van der Waals surface area contributed by atoms with Gasteiger partial charge in [0.15, 0.2) is 0 Å². The summed E-state index contributed by atoms with van der Waals surface area (Å²) < 4.78 is 5.63. The minimum atomic E-state index is -0.834. The second-order valence-electron chi connectivity index (χ2n) is 6.07. The average molecular weight is 326 g/mol. The van der Waals surface area contributed by atoms with E-state index in [9.17, 15) is 9.90 Å². The highest BCUT2D eigenvalue weighted by atomic mass is 16.5. The Balaban J connectivity index is 2.08. The second-order valence-corrected chi connectivity index (χ2v) is 6.07. The van der Waals surface area contributed by atoms with Gasteiger partial charge in [0, 0.05) is 13.0 Å². The van der Waals surface area contributed by atoms with Crippen molar-refractivity contribution in [3.8, 4) is 0 Å². The van der Waals surface area contributed by atoms with Gasteiger partial charge in [0.2, 0.25) is 0 Å². The van der Waals surface area contributed by atoms with Gasteiger partial charge in [-0.3, -0.25) is 4.79 Å². The Kier molecular flexibility index (Phi) is 10.6. The first kappa shape index (κ1) is 19.9. The largest absolute Gasteiger partial charge is 0.481 e. The molecule has 3 unspecified atom stereocenters. The van der Waals surface area contributed by atoms with Gasteiger partial charge in [0.05, 0.1) is 24.7 Å². The Morgan fingerprint density at radius 2 is 1.91 bits per heavy atom. The highest BCUT2D eigenvalue weighted by molar-refractivity contribution is 5.67. The van der Waals surface area contributed by atoms with Gasteiger partial charge in [-0.2, -0.15) is 0 Å². The molecule has 0 radical (unpaired) electrons. The molecule has 0 spiro atoms. The third kappa shape index (κ3) is 10.3. The van der Waals surface area contributed by atoms with Crippen molar-refractivity contribution in [2.24, 2.45) is 0 Å². The fourth-order valence-corrected chi connectivity index (χ4v) is 2.73. The lowest BCUT2D eigenvalue weighted by Crippen LogP contribution is -2.18. The van der Waals surface area contributed by atoms with Crippen LogP contribution >= 0.6 is 0 Å². The average Bonchev–Trinajstić information content (AvgIpc) is 2.91. The lowest BCUT2D eigenvalue weighted by molar-refractivity contribution is -0.140. The summed E-state index contributed by atoms with van der Waals surface area (Å²) in [5.41, 5.74) is 0. The summed E-state index contributed by atoms with van der Waals surface area (Å²) >= 11 is 0. The maximum atomic E-state index is 10.6. The molecule has 132 valence electrons. The van der Waals surface area contributed by atoms with Crippen LogP contribution in [-0.2, 0) is 9.53 Å². The minimum absolute atomic E-state index is 0.0407. The van der Waals surface area contributed by atoms with Gasteiger partial charge in [-0.1, -0.05) is 30.7 Å². The molecule has 1 aliphatic heterocycles. The molecule has 0 aromatic carbocycles. The minimum Gasteiger partial charge on any atom is -0.481 e. The summed E-state index contributed by atoms with van der Waals surface area (Å²) in [5, 5.41) is 27.3. The van der Waals surface area contributed by atoms with Crippen LogP contribution in [0.2, 0.25) is 0 Å². The van der Waals surface area contributed by atoms with Crippen LogP contribution in [0.1, 0.15) is 57.8 Å². The molecule has 0 aromatic heterocycles. The van der Waals surface area contributed by atoms with Crippen molar-refractivity contribution < 1.29 is 24.9 Å². The summed E-state index contributed by atoms with van der Waals surface area (Å²) in [6, 6.07) is 0. The maximum absolute atomic E-state index is 10.6. The van der Waals surface area contributed by atoms with Crippen molar-refractivity contribution in [3.05, 3.63) is 24.3 Å². The third-order valence-corrected chi connectivity index (χ3v) is 3.93. The van der Waals surface area contributed by atoms with Gasteiger partial charge >= 0.3 is 5.97 Å². The molecule has 23 heavy (non-hydrogen) atoms. The van der Waals surface area contributed by atoms with Crippen molar-refractivity contribution in [2.75, 3.05) is 6.61 Å². The number of hydrogen-bond donors (Lipinski definition) is 3. The number of ether oxygens (including phenoxy) is 1. The first-order chi connectivity index (χ1) is 11.1. The summed E-state index contributed by atoms with van der Waals surface area (Å²) in [6.45, 7) is 0.270. The molecule has 5 heteroatoms. The van der Waals surface area contributed by atoms with E-state index in [2.05, 4.69) is 12.2 Å². The zero-order valence-corrected chi connectivity index (χ0v) is 13.8. The fraction of sp³-hybridized carbons (Fsp3) is 0.722. The Morgan fingerprint density at radius 3 is 2.65 bits per heavy atom. The summed E-state index contributed by atoms with van der Waals surface area (Å²) in [7, 11) is 0. The molecule has 3 atom stereocenters. The molecule has 1 heterocycles. The molecule has 0 amide bonds. The van der Waals surface area contributed by atoms with Gasteiger partial charge in [-0.05, 0) is 38.5 Å². The van der Waals surface area contributed by atoms with Crippen LogP contribution in [0, 0.1) is 0 Å². The Labute approximate surface area is 138 Å². The van der Waals surface area contributed by atoms with Crippen LogP contribution in [0.4, 0.5) is 0 Å². The van der Waals surface area contributed by atoms with E-state index in [1.807, 2.05) is 6.08 Å². The van der Waals surface area contributed by atoms with Gasteiger partial charge in [0.1, 0.15) is 0 Å². The molecule has 1 saturated heterocycles. The van der Waals surface area contributed by atoms with Crippen molar-refractivity contribution in [3.63, 3.8) is 0 Å². The molecule has 1 aliphatic rings. The Bertz CT molecular complexity index is 378. The highest BCUT2D eigenvalue weighted by Gasteiger charge is 2.27. The van der Waals surface area contributed by atoms with E-state index in [4.69, 9.17) is 14.9 Å². The topological polar surface area (TPSA) is 87.0 Å². The summed E-state index contributed by atoms with van der Waals surface area (Å²) in [5.74, 6) is -0.834. The second kappa shape index (κ2) is 12.3. The number of allylic oxidation sites excluding steroid dienone is 3. The standard InChI is InChI=1S/C18H30O5/c19-12-8-6-4-2-1-3-5-7-9-15(20)13-16-10-11-17(23-16)14-18(21)22/h1,3,7,9,15-17,19-20H,2,4-6,8,10-14H2,(H,21,22). The van der Waals surface area contributed by atoms with Crippen LogP contribution < -0.4 is 0 Å². The number of aliphatic carboxylic acids is 1. The van der Waals surface area contributed by atoms with E-state index in [0.29, 0.717) is 6.42 Å². The Hall–Kier alpha value is -1.17. The molecule has 1 fully saturated rings. The first-order valence-electron chi connectivity index (χ1n) is 8.59. The quantitative estimate of drug-likeness (QED) is 0.379. The number of aliphatic hydroxyl groups is 2. The number of aliphatic hydroxyl groups excluding tert-OH is 2. The lowest BCUT2D eigenvalue weighted by Gasteiger charge is -2.14. The summed E-state index contributed by atoms with van der Waals surface area (Å²) in [4.78, 5) is 10.6. The van der Waals surface area contributed by atoms with E-state index in [0.717, 1.165) is 44.9 Å². The first-order valence-corrected chi connectivity index (χ1v) is 8.59. The number of carbonyl (C=O) groups is 1. The number of unbranched alkanes of at least 4 members (excludes halogenated alkanes) is 3. The molecular weight excluding hydrogens is 296 g/mol. The molecule has 0 bridgehead atoms. The molecule has 3 N–H and O–H groups in total. The Morgan fingerprint density at radius 1 is 1.13 bits per heavy atom. The number of carboxylic acids is 1. The van der Waals surface area contributed by atoms with E-state index in [-0.39, 0.29) is 25.2 Å². The third-order valence-electron chi connectivity index (χ3n) is 3.93. The molecular formula is C18H30O5. The van der Waals surface area contributed by atoms with E-state index in [1.165, 1.54) is 0 Å². The molecule has 1 rings (SSSR count). The number of hydrogen-bond acceptors (Lipinski definition) is 4. The van der Waals surface area contributed by atoms with Gasteiger partial charge < -0.3 is 20.1 Å². The SMILES string of the molecule is O=C(O)CC1CCC(CC(O)C=CCC=CCCCCCO)O1. The maximum Gasteiger partial charge on any atom is 0.305 e. The predicted octanol–water partition coefficient (Wildman–Crippen LogP) is 2.81. The molecule has 0 aliphatic carbocycles. The highest BCUT2D eigenvalue weighted by Crippen LogP contribution is 2.25. The predicted molar refractivity (Wildman–Crippen MR) is 89.2 cm³/mol. The van der Waals surface area contributed by atoms with Crippen molar-refractivity contribution in [1.82, 2.24) is 0 Å². The fourth-order valence-electron chi connectivity index (χ4n) is 2.73. The van der Waals surface area contributed by atoms with Crippen molar-refractivity contribution in [2.45, 2.75) is 76.1 Å².